The van der Waals surface area contributed by atoms with Crippen molar-refractivity contribution in [1.29, 1.82) is 0 Å². The molecule has 3 heterocycles. The van der Waals surface area contributed by atoms with E-state index < -0.39 is 5.41 Å². The third kappa shape index (κ3) is 3.93. The second-order valence-corrected chi connectivity index (χ2v) is 9.19. The average molecular weight is 471 g/mol. The summed E-state index contributed by atoms with van der Waals surface area (Å²) in [6.07, 6.45) is 1.41. The lowest BCUT2D eigenvalue weighted by Crippen LogP contribution is -2.65. The zero-order valence-corrected chi connectivity index (χ0v) is 19.5. The summed E-state index contributed by atoms with van der Waals surface area (Å²) < 4.78 is 0. The van der Waals surface area contributed by atoms with Gasteiger partial charge in [-0.1, -0.05) is 61.1 Å². The van der Waals surface area contributed by atoms with Gasteiger partial charge in [0.25, 0.3) is 5.91 Å². The highest BCUT2D eigenvalue weighted by Gasteiger charge is 2.52. The molecule has 0 bridgehead atoms. The highest BCUT2D eigenvalue weighted by Crippen LogP contribution is 2.42. The summed E-state index contributed by atoms with van der Waals surface area (Å²) in [5.74, 6) is -0.323. The number of aromatic nitrogens is 3. The molecule has 8 nitrogen and oxygen atoms in total. The van der Waals surface area contributed by atoms with E-state index in [1.165, 1.54) is 30.6 Å². The Kier molecular flexibility index (Phi) is 6.12. The number of benzene rings is 1. The van der Waals surface area contributed by atoms with Crippen LogP contribution in [0, 0.1) is 0 Å². The summed E-state index contributed by atoms with van der Waals surface area (Å²) in [6.45, 7) is 5.12. The Balaban J connectivity index is 1.73. The van der Waals surface area contributed by atoms with Crippen LogP contribution >= 0.6 is 22.9 Å². The highest BCUT2D eigenvalue weighted by molar-refractivity contribution is 7.13. The van der Waals surface area contributed by atoms with E-state index in [0.717, 1.165) is 16.3 Å². The third-order valence-electron chi connectivity index (χ3n) is 5.66. The number of nitrogens with one attached hydrogen (secondary N) is 2. The summed E-state index contributed by atoms with van der Waals surface area (Å²) >= 11 is 7.42. The molecule has 1 aliphatic rings. The summed E-state index contributed by atoms with van der Waals surface area (Å²) in [6, 6.07) is 9.44. The number of rotatable bonds is 6. The van der Waals surface area contributed by atoms with Crippen molar-refractivity contribution in [2.75, 3.05) is 30.4 Å². The Bertz CT molecular complexity index is 1150. The Labute approximate surface area is 195 Å². The van der Waals surface area contributed by atoms with Gasteiger partial charge in [0.05, 0.1) is 17.4 Å². The second kappa shape index (κ2) is 8.84. The van der Waals surface area contributed by atoms with E-state index in [-0.39, 0.29) is 28.4 Å². The first-order valence-electron chi connectivity index (χ1n) is 10.2. The molecule has 0 spiro atoms. The lowest BCUT2D eigenvalue weighted by Gasteiger charge is -2.49. The van der Waals surface area contributed by atoms with Crippen molar-refractivity contribution >= 4 is 45.6 Å². The highest BCUT2D eigenvalue weighted by atomic mass is 35.5. The van der Waals surface area contributed by atoms with Crippen molar-refractivity contribution in [3.8, 4) is 0 Å². The number of carbonyl (C=O) groups excluding carboxylic acids is 2. The second-order valence-electron chi connectivity index (χ2n) is 7.99. The molecule has 1 saturated heterocycles. The lowest BCUT2D eigenvalue weighted by molar-refractivity contribution is -0.122. The molecule has 1 aliphatic heterocycles. The van der Waals surface area contributed by atoms with E-state index >= 15 is 0 Å². The predicted molar refractivity (Wildman–Crippen MR) is 126 cm³/mol. The fourth-order valence-electron chi connectivity index (χ4n) is 4.01. The molecule has 0 aliphatic carbocycles. The van der Waals surface area contributed by atoms with Crippen LogP contribution in [0.4, 0.5) is 10.8 Å². The Morgan fingerprint density at radius 2 is 2.00 bits per heavy atom. The third-order valence-corrected chi connectivity index (χ3v) is 6.62. The van der Waals surface area contributed by atoms with Gasteiger partial charge in [-0.15, -0.1) is 10.2 Å². The Hall–Kier alpha value is -3.04. The van der Waals surface area contributed by atoms with Gasteiger partial charge in [-0.2, -0.15) is 0 Å². The molecule has 0 saturated carbocycles. The fourth-order valence-corrected chi connectivity index (χ4v) is 4.73. The SMILES string of the molecule is CNC(=O)c1cc(Cl)ncc1NC(=O)C1(c2ccccc2C(C)C)CN(c2nncs2)C1. The molecule has 0 radical (unpaired) electrons. The molecule has 166 valence electrons. The van der Waals surface area contributed by atoms with Gasteiger partial charge in [0.2, 0.25) is 11.0 Å². The topological polar surface area (TPSA) is 100 Å². The van der Waals surface area contributed by atoms with E-state index in [1.54, 1.807) is 5.51 Å². The summed E-state index contributed by atoms with van der Waals surface area (Å²) in [7, 11) is 1.52. The first-order chi connectivity index (χ1) is 15.4. The van der Waals surface area contributed by atoms with E-state index in [1.807, 2.05) is 23.1 Å². The van der Waals surface area contributed by atoms with Crippen LogP contribution in [0.3, 0.4) is 0 Å². The Morgan fingerprint density at radius 1 is 1.25 bits per heavy atom. The minimum Gasteiger partial charge on any atom is -0.355 e. The summed E-state index contributed by atoms with van der Waals surface area (Å²) in [5.41, 5.74) is 3.51. The predicted octanol–water partition coefficient (Wildman–Crippen LogP) is 3.47. The maximum atomic E-state index is 13.8. The molecule has 1 aromatic carbocycles. The molecule has 4 rings (SSSR count). The van der Waals surface area contributed by atoms with Gasteiger partial charge in [0, 0.05) is 20.1 Å². The molecule has 2 N–H and O–H groups in total. The normalized spacial score (nSPS) is 14.7. The molecular formula is C22H23ClN6O2S. The lowest BCUT2D eigenvalue weighted by atomic mass is 9.70. The number of anilines is 2. The van der Waals surface area contributed by atoms with Gasteiger partial charge in [0.15, 0.2) is 0 Å². The quantitative estimate of drug-likeness (QED) is 0.535. The summed E-state index contributed by atoms with van der Waals surface area (Å²) in [5, 5.41) is 14.5. The van der Waals surface area contributed by atoms with Crippen molar-refractivity contribution in [2.24, 2.45) is 0 Å². The fraction of sp³-hybridized carbons (Fsp3) is 0.318. The van der Waals surface area contributed by atoms with Gasteiger partial charge >= 0.3 is 0 Å². The summed E-state index contributed by atoms with van der Waals surface area (Å²) in [4.78, 5) is 32.2. The first-order valence-corrected chi connectivity index (χ1v) is 11.4. The van der Waals surface area contributed by atoms with Crippen LogP contribution in [0.2, 0.25) is 5.15 Å². The van der Waals surface area contributed by atoms with Gasteiger partial charge < -0.3 is 15.5 Å². The van der Waals surface area contributed by atoms with Gasteiger partial charge in [-0.25, -0.2) is 4.98 Å². The molecule has 2 aromatic heterocycles. The van der Waals surface area contributed by atoms with Crippen LogP contribution in [0.15, 0.2) is 42.0 Å². The standard InChI is InChI=1S/C22H23ClN6O2S/c1-13(2)14-6-4-5-7-16(14)22(10-29(11-22)21-28-26-12-32-21)20(31)27-17-9-25-18(23)8-15(17)19(30)24-3/h4-9,12-13H,10-11H2,1-3H3,(H,24,30)(H,27,31). The Morgan fingerprint density at radius 3 is 2.66 bits per heavy atom. The first kappa shape index (κ1) is 22.2. The number of nitrogens with zero attached hydrogens (tertiary/aromatic N) is 4. The van der Waals surface area contributed by atoms with Gasteiger partial charge in [-0.3, -0.25) is 9.59 Å². The number of carbonyl (C=O) groups is 2. The van der Waals surface area contributed by atoms with Crippen LogP contribution in [-0.4, -0.2) is 47.1 Å². The maximum Gasteiger partial charge on any atom is 0.253 e. The average Bonchev–Trinajstić information content (AvgIpc) is 3.28. The molecule has 0 unspecified atom stereocenters. The minimum absolute atomic E-state index is 0.174. The zero-order chi connectivity index (χ0) is 22.9. The van der Waals surface area contributed by atoms with Gasteiger partial charge in [0.1, 0.15) is 16.1 Å². The van der Waals surface area contributed by atoms with Crippen LogP contribution in [0.1, 0.15) is 41.3 Å². The molecule has 0 atom stereocenters. The van der Waals surface area contributed by atoms with Crippen LogP contribution in [0.25, 0.3) is 0 Å². The number of hydrogen-bond acceptors (Lipinski definition) is 7. The van der Waals surface area contributed by atoms with Crippen molar-refractivity contribution < 1.29 is 9.59 Å². The van der Waals surface area contributed by atoms with Crippen molar-refractivity contribution in [2.45, 2.75) is 25.2 Å². The van der Waals surface area contributed by atoms with Crippen molar-refractivity contribution in [3.63, 3.8) is 0 Å². The van der Waals surface area contributed by atoms with E-state index in [9.17, 15) is 9.59 Å². The van der Waals surface area contributed by atoms with Crippen LogP contribution in [0.5, 0.6) is 0 Å². The largest absolute Gasteiger partial charge is 0.355 e. The van der Waals surface area contributed by atoms with E-state index in [4.69, 9.17) is 11.6 Å². The molecule has 1 fully saturated rings. The zero-order valence-electron chi connectivity index (χ0n) is 17.9. The smallest absolute Gasteiger partial charge is 0.253 e. The van der Waals surface area contributed by atoms with Crippen LogP contribution in [-0.2, 0) is 10.2 Å². The number of pyridine rings is 1. The molecule has 10 heteroatoms. The minimum atomic E-state index is -0.813. The molecular weight excluding hydrogens is 448 g/mol. The number of hydrogen-bond donors (Lipinski definition) is 2. The number of amides is 2. The molecule has 3 aromatic rings. The number of halogens is 1. The monoisotopic (exact) mass is 470 g/mol. The van der Waals surface area contributed by atoms with E-state index in [2.05, 4.69) is 45.7 Å². The molecule has 2 amide bonds. The maximum absolute atomic E-state index is 13.8. The van der Waals surface area contributed by atoms with E-state index in [0.29, 0.717) is 18.8 Å². The van der Waals surface area contributed by atoms with Gasteiger partial charge in [-0.05, 0) is 23.1 Å². The van der Waals surface area contributed by atoms with Crippen LogP contribution < -0.4 is 15.5 Å². The van der Waals surface area contributed by atoms with Crippen molar-refractivity contribution in [1.82, 2.24) is 20.5 Å². The van der Waals surface area contributed by atoms with Crippen molar-refractivity contribution in [3.05, 3.63) is 63.9 Å². The molecule has 32 heavy (non-hydrogen) atoms.